The number of carbonyl (C=O) groups excluding carboxylic acids is 3. The number of likely N-dealkylation sites (N-methyl/N-ethyl adjacent to an activating group) is 1. The van der Waals surface area contributed by atoms with Gasteiger partial charge in [-0.2, -0.15) is 0 Å². The second-order valence-corrected chi connectivity index (χ2v) is 9.07. The van der Waals surface area contributed by atoms with Gasteiger partial charge in [0.25, 0.3) is 0 Å². The Labute approximate surface area is 194 Å². The molecule has 7 nitrogen and oxygen atoms in total. The number of hydrogen-bond donors (Lipinski definition) is 0. The maximum absolute atomic E-state index is 13.3. The third kappa shape index (κ3) is 4.64. The maximum Gasteiger partial charge on any atom is 0.240 e. The van der Waals surface area contributed by atoms with Crippen LogP contribution in [0.5, 0.6) is 5.75 Å². The van der Waals surface area contributed by atoms with Crippen molar-refractivity contribution in [2.24, 2.45) is 0 Å². The standard InChI is InChI=1S/C26H31N3O4/c1-19-6-4-7-20(14-19)18-28-10-12-29(13-11-28)24(31)17-26(16-23(30)27(2)25(26)32)21-8-5-9-22(15-21)33-3/h4-9,14-15H,10-13,16-18H2,1-3H3/t26-/m0/s1. The molecule has 3 amide bonds. The Kier molecular flexibility index (Phi) is 6.51. The molecule has 1 atom stereocenters. The van der Waals surface area contributed by atoms with Crippen molar-refractivity contribution in [3.8, 4) is 5.75 Å². The number of aryl methyl sites for hydroxylation is 1. The SMILES string of the molecule is COc1cccc([C@@]2(CC(=O)N3CCN(Cc4cccc(C)c4)CC3)CC(=O)N(C)C2=O)c1. The van der Waals surface area contributed by atoms with Gasteiger partial charge in [0.2, 0.25) is 17.7 Å². The fraction of sp³-hybridized carbons (Fsp3) is 0.423. The molecule has 2 saturated heterocycles. The monoisotopic (exact) mass is 449 g/mol. The summed E-state index contributed by atoms with van der Waals surface area (Å²) < 4.78 is 5.33. The average Bonchev–Trinajstić information content (AvgIpc) is 3.03. The van der Waals surface area contributed by atoms with E-state index in [2.05, 4.69) is 36.1 Å². The number of amides is 3. The van der Waals surface area contributed by atoms with Crippen molar-refractivity contribution in [2.45, 2.75) is 31.7 Å². The molecule has 7 heteroatoms. The third-order valence-electron chi connectivity index (χ3n) is 6.83. The summed E-state index contributed by atoms with van der Waals surface area (Å²) >= 11 is 0. The highest BCUT2D eigenvalue weighted by Gasteiger charge is 2.53. The zero-order valence-electron chi connectivity index (χ0n) is 19.5. The molecule has 2 heterocycles. The lowest BCUT2D eigenvalue weighted by atomic mass is 9.75. The molecule has 0 aromatic heterocycles. The minimum Gasteiger partial charge on any atom is -0.497 e. The maximum atomic E-state index is 13.3. The summed E-state index contributed by atoms with van der Waals surface area (Å²) in [7, 11) is 3.04. The quantitative estimate of drug-likeness (QED) is 0.634. The molecule has 2 fully saturated rings. The minimum absolute atomic E-state index is 0.00539. The molecular weight excluding hydrogens is 418 g/mol. The van der Waals surface area contributed by atoms with Gasteiger partial charge in [-0.1, -0.05) is 42.0 Å². The normalized spacial score (nSPS) is 21.5. The number of imide groups is 1. The van der Waals surface area contributed by atoms with E-state index in [0.29, 0.717) is 24.4 Å². The molecule has 2 aromatic rings. The molecule has 174 valence electrons. The number of benzene rings is 2. The van der Waals surface area contributed by atoms with Crippen molar-refractivity contribution < 1.29 is 19.1 Å². The zero-order chi connectivity index (χ0) is 23.6. The largest absolute Gasteiger partial charge is 0.497 e. The predicted molar refractivity (Wildman–Crippen MR) is 125 cm³/mol. The van der Waals surface area contributed by atoms with Crippen LogP contribution >= 0.6 is 0 Å². The molecule has 0 radical (unpaired) electrons. The van der Waals surface area contributed by atoms with Crippen molar-refractivity contribution in [1.29, 1.82) is 0 Å². The van der Waals surface area contributed by atoms with E-state index in [1.807, 2.05) is 4.90 Å². The van der Waals surface area contributed by atoms with E-state index in [1.165, 1.54) is 18.2 Å². The molecule has 0 unspecified atom stereocenters. The Balaban J connectivity index is 1.47. The van der Waals surface area contributed by atoms with Crippen LogP contribution < -0.4 is 4.74 Å². The molecule has 0 aliphatic carbocycles. The lowest BCUT2D eigenvalue weighted by molar-refractivity contribution is -0.142. The van der Waals surface area contributed by atoms with Crippen LogP contribution in [0, 0.1) is 6.92 Å². The number of ether oxygens (including phenoxy) is 1. The number of piperazine rings is 1. The van der Waals surface area contributed by atoms with Crippen LogP contribution in [0.1, 0.15) is 29.5 Å². The van der Waals surface area contributed by atoms with Crippen LogP contribution in [-0.4, -0.2) is 72.8 Å². The number of nitrogens with zero attached hydrogens (tertiary/aromatic N) is 3. The summed E-state index contributed by atoms with van der Waals surface area (Å²) in [6.07, 6.45) is -0.0263. The molecule has 33 heavy (non-hydrogen) atoms. The molecule has 2 aliphatic heterocycles. The van der Waals surface area contributed by atoms with Gasteiger partial charge >= 0.3 is 0 Å². The molecule has 2 aromatic carbocycles. The van der Waals surface area contributed by atoms with Crippen molar-refractivity contribution in [1.82, 2.24) is 14.7 Å². The first kappa shape index (κ1) is 23.0. The smallest absolute Gasteiger partial charge is 0.240 e. The molecule has 0 saturated carbocycles. The van der Waals surface area contributed by atoms with Gasteiger partial charge in [-0.15, -0.1) is 0 Å². The minimum atomic E-state index is -1.18. The molecule has 2 aliphatic rings. The summed E-state index contributed by atoms with van der Waals surface area (Å²) in [5, 5.41) is 0. The van der Waals surface area contributed by atoms with Crippen LogP contribution in [0.25, 0.3) is 0 Å². The van der Waals surface area contributed by atoms with E-state index in [9.17, 15) is 14.4 Å². The molecule has 0 bridgehead atoms. The number of rotatable bonds is 6. The van der Waals surface area contributed by atoms with E-state index >= 15 is 0 Å². The predicted octanol–water partition coefficient (Wildman–Crippen LogP) is 2.36. The number of hydrogen-bond acceptors (Lipinski definition) is 5. The fourth-order valence-corrected chi connectivity index (χ4v) is 4.87. The van der Waals surface area contributed by atoms with Crippen LogP contribution in [0.4, 0.5) is 0 Å². The van der Waals surface area contributed by atoms with E-state index < -0.39 is 5.41 Å². The fourth-order valence-electron chi connectivity index (χ4n) is 4.87. The van der Waals surface area contributed by atoms with Gasteiger partial charge < -0.3 is 9.64 Å². The summed E-state index contributed by atoms with van der Waals surface area (Å²) in [4.78, 5) is 44.4. The Morgan fingerprint density at radius 1 is 1.03 bits per heavy atom. The van der Waals surface area contributed by atoms with Gasteiger partial charge in [0.05, 0.1) is 12.5 Å². The van der Waals surface area contributed by atoms with Crippen LogP contribution in [0.15, 0.2) is 48.5 Å². The highest BCUT2D eigenvalue weighted by Crippen LogP contribution is 2.41. The van der Waals surface area contributed by atoms with Crippen molar-refractivity contribution in [3.05, 3.63) is 65.2 Å². The van der Waals surface area contributed by atoms with Gasteiger partial charge in [0.15, 0.2) is 0 Å². The molecule has 0 N–H and O–H groups in total. The highest BCUT2D eigenvalue weighted by molar-refractivity contribution is 6.10. The number of likely N-dealkylation sites (tertiary alicyclic amines) is 1. The van der Waals surface area contributed by atoms with E-state index in [1.54, 1.807) is 31.4 Å². The van der Waals surface area contributed by atoms with Crippen LogP contribution in [0.3, 0.4) is 0 Å². The lowest BCUT2D eigenvalue weighted by Gasteiger charge is -2.36. The summed E-state index contributed by atoms with van der Waals surface area (Å²) in [6.45, 7) is 5.71. The first-order valence-electron chi connectivity index (χ1n) is 11.3. The molecule has 4 rings (SSSR count). The Morgan fingerprint density at radius 2 is 1.76 bits per heavy atom. The highest BCUT2D eigenvalue weighted by atomic mass is 16.5. The first-order chi connectivity index (χ1) is 15.8. The van der Waals surface area contributed by atoms with E-state index in [4.69, 9.17) is 4.74 Å². The lowest BCUT2D eigenvalue weighted by Crippen LogP contribution is -2.50. The second-order valence-electron chi connectivity index (χ2n) is 9.07. The second kappa shape index (κ2) is 9.35. The van der Waals surface area contributed by atoms with Gasteiger partial charge in [0, 0.05) is 52.6 Å². The van der Waals surface area contributed by atoms with Gasteiger partial charge in [-0.05, 0) is 30.2 Å². The van der Waals surface area contributed by atoms with Crippen molar-refractivity contribution >= 4 is 17.7 Å². The Morgan fingerprint density at radius 3 is 2.39 bits per heavy atom. The Hall–Kier alpha value is -3.19. The molecular formula is C26H31N3O4. The van der Waals surface area contributed by atoms with Gasteiger partial charge in [-0.3, -0.25) is 24.2 Å². The van der Waals surface area contributed by atoms with Crippen molar-refractivity contribution in [2.75, 3.05) is 40.3 Å². The number of carbonyl (C=O) groups is 3. The summed E-state index contributed by atoms with van der Waals surface area (Å²) in [5.74, 6) is -0.0888. The average molecular weight is 450 g/mol. The third-order valence-corrected chi connectivity index (χ3v) is 6.83. The van der Waals surface area contributed by atoms with Gasteiger partial charge in [0.1, 0.15) is 5.75 Å². The Bertz CT molecular complexity index is 1060. The first-order valence-corrected chi connectivity index (χ1v) is 11.3. The van der Waals surface area contributed by atoms with Crippen LogP contribution in [-0.2, 0) is 26.3 Å². The number of methoxy groups -OCH3 is 1. The van der Waals surface area contributed by atoms with Crippen LogP contribution in [0.2, 0.25) is 0 Å². The molecule has 0 spiro atoms. The topological polar surface area (TPSA) is 70.2 Å². The van der Waals surface area contributed by atoms with E-state index in [0.717, 1.165) is 24.5 Å². The van der Waals surface area contributed by atoms with Crippen molar-refractivity contribution in [3.63, 3.8) is 0 Å². The zero-order valence-corrected chi connectivity index (χ0v) is 19.5. The van der Waals surface area contributed by atoms with E-state index in [-0.39, 0.29) is 30.6 Å². The van der Waals surface area contributed by atoms with Gasteiger partial charge in [-0.25, -0.2) is 0 Å². The summed E-state index contributed by atoms with van der Waals surface area (Å²) in [5.41, 5.74) is 1.97. The summed E-state index contributed by atoms with van der Waals surface area (Å²) in [6, 6.07) is 15.6.